The van der Waals surface area contributed by atoms with E-state index in [-0.39, 0.29) is 5.91 Å². The maximum atomic E-state index is 12.0. The van der Waals surface area contributed by atoms with Crippen LogP contribution in [-0.4, -0.2) is 13.0 Å². The Morgan fingerprint density at radius 1 is 1.06 bits per heavy atom. The van der Waals surface area contributed by atoms with Gasteiger partial charge in [0.25, 0.3) is 5.91 Å². The lowest BCUT2D eigenvalue weighted by Gasteiger charge is -2.20. The van der Waals surface area contributed by atoms with Crippen molar-refractivity contribution in [3.8, 4) is 0 Å². The maximum Gasteiger partial charge on any atom is 0.269 e. The quantitative estimate of drug-likeness (QED) is 0.680. The molecule has 0 fully saturated rings. The van der Waals surface area contributed by atoms with Crippen LogP contribution in [0.4, 0.5) is 5.69 Å². The molecule has 3 nitrogen and oxygen atoms in total. The zero-order valence-corrected chi connectivity index (χ0v) is 12.1. The number of hydrogen-bond donors (Lipinski definition) is 1. The van der Waals surface area contributed by atoms with Gasteiger partial charge in [-0.25, -0.2) is 0 Å². The summed E-state index contributed by atoms with van der Waals surface area (Å²) in [6, 6.07) is 17.1. The summed E-state index contributed by atoms with van der Waals surface area (Å²) in [4.78, 5) is 12.0. The molecule has 0 aliphatic carbocycles. The van der Waals surface area contributed by atoms with Gasteiger partial charge in [0.05, 0.1) is 5.69 Å². The van der Waals surface area contributed by atoms with Gasteiger partial charge in [0.2, 0.25) is 0 Å². The third kappa shape index (κ3) is 3.22. The van der Waals surface area contributed by atoms with Gasteiger partial charge in [-0.1, -0.05) is 18.2 Å². The minimum Gasteiger partial charge on any atom is -0.288 e. The van der Waals surface area contributed by atoms with Crippen molar-refractivity contribution >= 4 is 34.2 Å². The summed E-state index contributed by atoms with van der Waals surface area (Å²) in [5, 5.41) is 1.71. The standard InChI is InChI=1S/C14H13IN2O/c1-17(13-5-3-2-4-6-13)16-14(18)11-7-9-12(15)10-8-11/h2-10H,1H3,(H,16,18). The Morgan fingerprint density at radius 2 is 1.67 bits per heavy atom. The van der Waals surface area contributed by atoms with E-state index in [4.69, 9.17) is 0 Å². The first kappa shape index (κ1) is 12.9. The van der Waals surface area contributed by atoms with Gasteiger partial charge < -0.3 is 0 Å². The minimum atomic E-state index is -0.113. The van der Waals surface area contributed by atoms with E-state index in [1.807, 2.05) is 61.6 Å². The molecule has 0 aliphatic heterocycles. The zero-order valence-electron chi connectivity index (χ0n) is 9.93. The number of amides is 1. The number of nitrogens with one attached hydrogen (secondary N) is 1. The van der Waals surface area contributed by atoms with E-state index < -0.39 is 0 Å². The Morgan fingerprint density at radius 3 is 2.28 bits per heavy atom. The molecule has 0 saturated heterocycles. The van der Waals surface area contributed by atoms with Crippen molar-refractivity contribution in [2.24, 2.45) is 0 Å². The Hall–Kier alpha value is -1.56. The summed E-state index contributed by atoms with van der Waals surface area (Å²) in [5.41, 5.74) is 4.42. The number of rotatable bonds is 3. The van der Waals surface area contributed by atoms with Gasteiger partial charge in [0, 0.05) is 16.2 Å². The molecule has 0 heterocycles. The Balaban J connectivity index is 2.06. The predicted octanol–water partition coefficient (Wildman–Crippen LogP) is 3.07. The van der Waals surface area contributed by atoms with Gasteiger partial charge in [-0.15, -0.1) is 0 Å². The fraction of sp³-hybridized carbons (Fsp3) is 0.0714. The Bertz CT molecular complexity index is 525. The van der Waals surface area contributed by atoms with Crippen LogP contribution in [-0.2, 0) is 0 Å². The molecule has 92 valence electrons. The Labute approximate surface area is 120 Å². The van der Waals surface area contributed by atoms with Crippen LogP contribution in [0.25, 0.3) is 0 Å². The molecule has 0 spiro atoms. The van der Waals surface area contributed by atoms with Crippen LogP contribution < -0.4 is 10.4 Å². The molecule has 0 radical (unpaired) electrons. The summed E-state index contributed by atoms with van der Waals surface area (Å²) in [5.74, 6) is -0.113. The lowest BCUT2D eigenvalue weighted by Crippen LogP contribution is -2.39. The van der Waals surface area contributed by atoms with Crippen LogP contribution in [0, 0.1) is 3.57 Å². The third-order valence-corrected chi connectivity index (χ3v) is 3.24. The highest BCUT2D eigenvalue weighted by Crippen LogP contribution is 2.10. The summed E-state index contributed by atoms with van der Waals surface area (Å²) in [6.45, 7) is 0. The largest absolute Gasteiger partial charge is 0.288 e. The monoisotopic (exact) mass is 352 g/mol. The molecule has 0 aromatic heterocycles. The topological polar surface area (TPSA) is 32.3 Å². The first-order chi connectivity index (χ1) is 8.66. The molecular formula is C14H13IN2O. The van der Waals surface area contributed by atoms with E-state index in [0.29, 0.717) is 5.56 Å². The van der Waals surface area contributed by atoms with Crippen molar-refractivity contribution < 1.29 is 4.79 Å². The predicted molar refractivity (Wildman–Crippen MR) is 81.5 cm³/mol. The third-order valence-electron chi connectivity index (χ3n) is 2.52. The normalized spacial score (nSPS) is 9.89. The summed E-state index contributed by atoms with van der Waals surface area (Å²) in [6.07, 6.45) is 0. The van der Waals surface area contributed by atoms with Gasteiger partial charge in [0.15, 0.2) is 0 Å². The van der Waals surface area contributed by atoms with E-state index in [2.05, 4.69) is 28.0 Å². The molecule has 0 aliphatic rings. The molecule has 18 heavy (non-hydrogen) atoms. The number of para-hydroxylation sites is 1. The maximum absolute atomic E-state index is 12.0. The highest BCUT2D eigenvalue weighted by Gasteiger charge is 2.07. The van der Waals surface area contributed by atoms with Crippen molar-refractivity contribution in [3.63, 3.8) is 0 Å². The average Bonchev–Trinajstić information content (AvgIpc) is 2.40. The molecule has 2 rings (SSSR count). The smallest absolute Gasteiger partial charge is 0.269 e. The van der Waals surface area contributed by atoms with E-state index >= 15 is 0 Å². The molecule has 0 unspecified atom stereocenters. The number of carbonyl (C=O) groups is 1. The second kappa shape index (κ2) is 5.86. The fourth-order valence-electron chi connectivity index (χ4n) is 1.53. The SMILES string of the molecule is CN(NC(=O)c1ccc(I)cc1)c1ccccc1. The number of nitrogens with zero attached hydrogens (tertiary/aromatic N) is 1. The van der Waals surface area contributed by atoms with E-state index in [1.54, 1.807) is 5.01 Å². The van der Waals surface area contributed by atoms with Crippen LogP contribution in [0.2, 0.25) is 0 Å². The summed E-state index contributed by atoms with van der Waals surface area (Å²) in [7, 11) is 1.82. The molecule has 0 atom stereocenters. The van der Waals surface area contributed by atoms with Crippen molar-refractivity contribution in [2.75, 3.05) is 12.1 Å². The van der Waals surface area contributed by atoms with Crippen molar-refractivity contribution in [2.45, 2.75) is 0 Å². The van der Waals surface area contributed by atoms with Crippen LogP contribution in [0.1, 0.15) is 10.4 Å². The molecule has 0 saturated carbocycles. The number of benzene rings is 2. The lowest BCUT2D eigenvalue weighted by molar-refractivity contribution is 0.0951. The van der Waals surface area contributed by atoms with Crippen LogP contribution in [0.5, 0.6) is 0 Å². The van der Waals surface area contributed by atoms with Gasteiger partial charge in [0.1, 0.15) is 0 Å². The number of hydrazine groups is 1. The lowest BCUT2D eigenvalue weighted by atomic mass is 10.2. The Kier molecular flexibility index (Phi) is 4.19. The van der Waals surface area contributed by atoms with Crippen LogP contribution in [0.15, 0.2) is 54.6 Å². The minimum absolute atomic E-state index is 0.113. The molecule has 1 amide bonds. The molecule has 4 heteroatoms. The van der Waals surface area contributed by atoms with Gasteiger partial charge in [-0.3, -0.25) is 15.2 Å². The number of carbonyl (C=O) groups excluding carboxylic acids is 1. The second-order valence-corrected chi connectivity index (χ2v) is 5.09. The van der Waals surface area contributed by atoms with Crippen LogP contribution >= 0.6 is 22.6 Å². The molecule has 2 aromatic carbocycles. The van der Waals surface area contributed by atoms with Crippen molar-refractivity contribution in [1.82, 2.24) is 5.43 Å². The van der Waals surface area contributed by atoms with E-state index in [1.165, 1.54) is 0 Å². The number of halogens is 1. The van der Waals surface area contributed by atoms with E-state index in [9.17, 15) is 4.79 Å². The second-order valence-electron chi connectivity index (χ2n) is 3.84. The van der Waals surface area contributed by atoms with Crippen molar-refractivity contribution in [3.05, 3.63) is 63.7 Å². The zero-order chi connectivity index (χ0) is 13.0. The number of hydrogen-bond acceptors (Lipinski definition) is 2. The first-order valence-electron chi connectivity index (χ1n) is 5.52. The molecular weight excluding hydrogens is 339 g/mol. The molecule has 2 aromatic rings. The molecule has 0 bridgehead atoms. The highest BCUT2D eigenvalue weighted by molar-refractivity contribution is 14.1. The average molecular weight is 352 g/mol. The van der Waals surface area contributed by atoms with Crippen LogP contribution in [0.3, 0.4) is 0 Å². The van der Waals surface area contributed by atoms with Gasteiger partial charge in [-0.2, -0.15) is 0 Å². The summed E-state index contributed by atoms with van der Waals surface area (Å²) >= 11 is 2.21. The van der Waals surface area contributed by atoms with E-state index in [0.717, 1.165) is 9.26 Å². The fourth-order valence-corrected chi connectivity index (χ4v) is 1.89. The first-order valence-corrected chi connectivity index (χ1v) is 6.60. The van der Waals surface area contributed by atoms with Gasteiger partial charge in [-0.05, 0) is 59.0 Å². The highest BCUT2D eigenvalue weighted by atomic mass is 127. The van der Waals surface area contributed by atoms with Gasteiger partial charge >= 0.3 is 0 Å². The summed E-state index contributed by atoms with van der Waals surface area (Å²) < 4.78 is 1.11. The molecule has 1 N–H and O–H groups in total. The number of anilines is 1. The van der Waals surface area contributed by atoms with Crippen molar-refractivity contribution in [1.29, 1.82) is 0 Å².